The smallest absolute Gasteiger partial charge is 0.251 e. The van der Waals surface area contributed by atoms with Crippen LogP contribution in [0.3, 0.4) is 0 Å². The molecule has 132 valence electrons. The van der Waals surface area contributed by atoms with Gasteiger partial charge < -0.3 is 20.4 Å². The normalized spacial score (nSPS) is 15.9. The van der Waals surface area contributed by atoms with Crippen LogP contribution in [0.5, 0.6) is 5.88 Å². The molecule has 0 radical (unpaired) electrons. The molecule has 0 saturated heterocycles. The average Bonchev–Trinajstić information content (AvgIpc) is 3.31. The number of imidazole rings is 1. The zero-order valence-corrected chi connectivity index (χ0v) is 14.9. The number of allylic oxidation sites excluding steroid dienone is 1. The Kier molecular flexibility index (Phi) is 3.38. The third-order valence-electron chi connectivity index (χ3n) is 4.73. The second-order valence-electron chi connectivity index (χ2n) is 6.49. The van der Waals surface area contributed by atoms with E-state index in [1.165, 1.54) is 0 Å². The van der Waals surface area contributed by atoms with Gasteiger partial charge >= 0.3 is 0 Å². The maximum atomic E-state index is 11.7. The van der Waals surface area contributed by atoms with Gasteiger partial charge in [0.15, 0.2) is 4.77 Å². The minimum absolute atomic E-state index is 0.00552. The average molecular weight is 374 g/mol. The molecule has 7 heteroatoms. The van der Waals surface area contributed by atoms with Gasteiger partial charge in [-0.05, 0) is 65.3 Å². The summed E-state index contributed by atoms with van der Waals surface area (Å²) in [5, 5.41) is 14.5. The van der Waals surface area contributed by atoms with Crippen molar-refractivity contribution in [2.75, 3.05) is 0 Å². The fraction of sp³-hybridized carbons (Fsp3) is 0.0500. The van der Waals surface area contributed by atoms with Gasteiger partial charge in [-0.1, -0.05) is 12.1 Å². The lowest BCUT2D eigenvalue weighted by Crippen LogP contribution is -2.20. The highest BCUT2D eigenvalue weighted by Crippen LogP contribution is 2.24. The van der Waals surface area contributed by atoms with E-state index in [-0.39, 0.29) is 11.8 Å². The van der Waals surface area contributed by atoms with Crippen LogP contribution in [-0.4, -0.2) is 21.0 Å². The van der Waals surface area contributed by atoms with Crippen molar-refractivity contribution in [2.45, 2.75) is 6.54 Å². The number of fused-ring (bicyclic) bond motifs is 2. The predicted octanol–water partition coefficient (Wildman–Crippen LogP) is 2.14. The standard InChI is InChI=1S/C20H14N4O2S/c25-18-15-3-1-10(6-13(15)9-21-18)11-2-4-16-12(5-11)7-14(22-16)8-17-19(26)24-20(27)23-17/h1-8,26H,9H2,(H,21,25)(H2,23,24,27)/b14-8+. The van der Waals surface area contributed by atoms with E-state index >= 15 is 0 Å². The lowest BCUT2D eigenvalue weighted by molar-refractivity contribution is 0.0966. The Balaban J connectivity index is 1.55. The molecule has 0 spiro atoms. The Morgan fingerprint density at radius 3 is 2.74 bits per heavy atom. The predicted molar refractivity (Wildman–Crippen MR) is 104 cm³/mol. The number of aromatic nitrogens is 2. The van der Waals surface area contributed by atoms with Gasteiger partial charge in [-0.3, -0.25) is 4.79 Å². The second-order valence-corrected chi connectivity index (χ2v) is 6.90. The fourth-order valence-corrected chi connectivity index (χ4v) is 3.61. The largest absolute Gasteiger partial charge is 0.493 e. The van der Waals surface area contributed by atoms with Crippen molar-refractivity contribution in [1.29, 1.82) is 0 Å². The highest BCUT2D eigenvalue weighted by molar-refractivity contribution is 7.71. The second kappa shape index (κ2) is 5.78. The van der Waals surface area contributed by atoms with Gasteiger partial charge in [-0.2, -0.15) is 0 Å². The number of nitrogens with one attached hydrogen (secondary N) is 3. The molecule has 0 saturated carbocycles. The highest BCUT2D eigenvalue weighted by Gasteiger charge is 2.18. The summed E-state index contributed by atoms with van der Waals surface area (Å²) >= 11 is 4.98. The molecule has 0 aliphatic carbocycles. The number of nitrogens with zero attached hydrogens (tertiary/aromatic N) is 1. The lowest BCUT2D eigenvalue weighted by atomic mass is 10.00. The molecule has 6 nitrogen and oxygen atoms in total. The molecule has 3 aromatic rings. The van der Waals surface area contributed by atoms with Crippen molar-refractivity contribution in [3.8, 4) is 17.0 Å². The van der Waals surface area contributed by atoms with Crippen LogP contribution < -0.4 is 15.9 Å². The zero-order chi connectivity index (χ0) is 18.5. The van der Waals surface area contributed by atoms with Crippen molar-refractivity contribution in [1.82, 2.24) is 15.3 Å². The maximum absolute atomic E-state index is 11.7. The monoisotopic (exact) mass is 374 g/mol. The number of aromatic amines is 2. The first-order chi connectivity index (χ1) is 13.1. The van der Waals surface area contributed by atoms with Crippen LogP contribution in [-0.2, 0) is 6.54 Å². The van der Waals surface area contributed by atoms with Gasteiger partial charge in [-0.25, -0.2) is 4.99 Å². The van der Waals surface area contributed by atoms with E-state index in [1.807, 2.05) is 30.3 Å². The van der Waals surface area contributed by atoms with Crippen LogP contribution in [0.2, 0.25) is 0 Å². The number of rotatable bonds is 2. The molecule has 3 heterocycles. The Hall–Kier alpha value is -3.45. The molecule has 0 atom stereocenters. The summed E-state index contributed by atoms with van der Waals surface area (Å²) in [7, 11) is 0. The van der Waals surface area contributed by atoms with Crippen molar-refractivity contribution in [3.05, 3.63) is 74.3 Å². The lowest BCUT2D eigenvalue weighted by Gasteiger charge is -2.03. The molecule has 5 rings (SSSR count). The first kappa shape index (κ1) is 15.8. The molecule has 2 aliphatic rings. The fourth-order valence-electron chi connectivity index (χ4n) is 3.41. The van der Waals surface area contributed by atoms with Crippen molar-refractivity contribution in [3.63, 3.8) is 0 Å². The van der Waals surface area contributed by atoms with Gasteiger partial charge in [0.1, 0.15) is 5.69 Å². The Bertz CT molecular complexity index is 1330. The summed E-state index contributed by atoms with van der Waals surface area (Å²) in [6.07, 6.45) is 3.70. The van der Waals surface area contributed by atoms with Crippen molar-refractivity contribution in [2.24, 2.45) is 4.99 Å². The third kappa shape index (κ3) is 2.69. The van der Waals surface area contributed by atoms with Crippen LogP contribution in [0, 0.1) is 4.77 Å². The first-order valence-electron chi connectivity index (χ1n) is 8.42. The molecular weight excluding hydrogens is 360 g/mol. The molecule has 4 N–H and O–H groups in total. The Morgan fingerprint density at radius 1 is 1.11 bits per heavy atom. The van der Waals surface area contributed by atoms with Gasteiger partial charge in [0, 0.05) is 17.3 Å². The topological polar surface area (TPSA) is 93.3 Å². The van der Waals surface area contributed by atoms with Gasteiger partial charge in [-0.15, -0.1) is 0 Å². The number of aromatic hydroxyl groups is 1. The number of benzene rings is 2. The van der Waals surface area contributed by atoms with E-state index in [0.29, 0.717) is 17.0 Å². The summed E-state index contributed by atoms with van der Waals surface area (Å²) in [6, 6.07) is 12.0. The number of carbonyl (C=O) groups is 1. The van der Waals surface area contributed by atoms with Gasteiger partial charge in [0.2, 0.25) is 5.88 Å². The van der Waals surface area contributed by atoms with E-state index < -0.39 is 0 Å². The molecule has 1 aromatic heterocycles. The summed E-state index contributed by atoms with van der Waals surface area (Å²) in [4.78, 5) is 21.8. The van der Waals surface area contributed by atoms with Crippen LogP contribution in [0.25, 0.3) is 23.3 Å². The zero-order valence-electron chi connectivity index (χ0n) is 14.0. The van der Waals surface area contributed by atoms with Crippen LogP contribution in [0.4, 0.5) is 0 Å². The van der Waals surface area contributed by atoms with E-state index in [1.54, 1.807) is 6.08 Å². The molecule has 2 aromatic carbocycles. The Labute approximate surface area is 158 Å². The summed E-state index contributed by atoms with van der Waals surface area (Å²) in [5.74, 6) is -0.0199. The quantitative estimate of drug-likeness (QED) is 0.518. The molecular formula is C20H14N4O2S. The van der Waals surface area contributed by atoms with E-state index in [9.17, 15) is 9.90 Å². The van der Waals surface area contributed by atoms with Crippen molar-refractivity contribution < 1.29 is 9.90 Å². The summed E-state index contributed by atoms with van der Waals surface area (Å²) < 4.78 is 0.363. The maximum Gasteiger partial charge on any atom is 0.251 e. The number of H-pyrrole nitrogens is 2. The van der Waals surface area contributed by atoms with Crippen LogP contribution in [0.15, 0.2) is 47.1 Å². The number of hydrogen-bond acceptors (Lipinski definition) is 4. The minimum Gasteiger partial charge on any atom is -0.493 e. The summed E-state index contributed by atoms with van der Waals surface area (Å²) in [6.45, 7) is 0.572. The molecule has 2 aliphatic heterocycles. The minimum atomic E-state index is -0.0144. The molecule has 27 heavy (non-hydrogen) atoms. The van der Waals surface area contributed by atoms with Gasteiger partial charge in [0.25, 0.3) is 5.91 Å². The number of amides is 1. The number of carbonyl (C=O) groups excluding carboxylic acids is 1. The summed E-state index contributed by atoms with van der Waals surface area (Å²) in [5.41, 5.74) is 5.12. The van der Waals surface area contributed by atoms with Crippen LogP contribution >= 0.6 is 12.2 Å². The SMILES string of the molecule is O=C1NCc2cc(-c3ccc4c(c3)=C/C(=C\c3[nH]c(=S)[nH]c3O)N=4)ccc21. The van der Waals surface area contributed by atoms with E-state index in [4.69, 9.17) is 12.2 Å². The molecule has 0 fully saturated rings. The van der Waals surface area contributed by atoms with E-state index in [0.717, 1.165) is 38.5 Å². The highest BCUT2D eigenvalue weighted by atomic mass is 32.1. The third-order valence-corrected chi connectivity index (χ3v) is 4.93. The van der Waals surface area contributed by atoms with Crippen LogP contribution in [0.1, 0.15) is 21.6 Å². The molecule has 1 amide bonds. The van der Waals surface area contributed by atoms with Crippen molar-refractivity contribution >= 4 is 30.3 Å². The molecule has 0 unspecified atom stereocenters. The number of hydrogen-bond donors (Lipinski definition) is 4. The Morgan fingerprint density at radius 2 is 1.93 bits per heavy atom. The molecule has 0 bridgehead atoms. The first-order valence-corrected chi connectivity index (χ1v) is 8.83. The van der Waals surface area contributed by atoms with Gasteiger partial charge in [0.05, 0.1) is 11.1 Å². The van der Waals surface area contributed by atoms with E-state index in [2.05, 4.69) is 32.4 Å².